The molecule has 0 bridgehead atoms. The van der Waals surface area contributed by atoms with E-state index >= 15 is 0 Å². The van der Waals surface area contributed by atoms with E-state index in [0.29, 0.717) is 17.9 Å². The number of aliphatic hydroxyl groups is 1. The average Bonchev–Trinajstić information content (AvgIpc) is 3.35. The Labute approximate surface area is 209 Å². The number of halogens is 1. The van der Waals surface area contributed by atoms with Crippen LogP contribution in [0.3, 0.4) is 0 Å². The first-order chi connectivity index (χ1) is 16.9. The quantitative estimate of drug-likeness (QED) is 0.312. The highest BCUT2D eigenvalue weighted by molar-refractivity contribution is 6.31. The maximum absolute atomic E-state index is 13.0. The molecule has 5 N–H and O–H groups in total. The molecule has 0 spiro atoms. The van der Waals surface area contributed by atoms with Gasteiger partial charge in [-0.25, -0.2) is 15.6 Å². The summed E-state index contributed by atoms with van der Waals surface area (Å²) in [6.45, 7) is 0. The highest BCUT2D eigenvalue weighted by Crippen LogP contribution is 2.28. The van der Waals surface area contributed by atoms with E-state index in [9.17, 15) is 19.8 Å². The minimum absolute atomic E-state index is 0.102. The van der Waals surface area contributed by atoms with Gasteiger partial charge in [0.05, 0.1) is 0 Å². The molecular formula is C27H28ClN3O4. The molecule has 1 amide bonds. The molecule has 4 rings (SSSR count). The van der Waals surface area contributed by atoms with Crippen molar-refractivity contribution in [3.05, 3.63) is 95.0 Å². The fraction of sp³-hybridized carbons (Fsp3) is 0.259. The van der Waals surface area contributed by atoms with E-state index in [2.05, 4.69) is 16.2 Å². The van der Waals surface area contributed by atoms with E-state index in [4.69, 9.17) is 11.6 Å². The van der Waals surface area contributed by atoms with Gasteiger partial charge in [0, 0.05) is 23.5 Å². The molecule has 1 fully saturated rings. The zero-order valence-corrected chi connectivity index (χ0v) is 19.8. The zero-order chi connectivity index (χ0) is 24.8. The number of carboxylic acids is 1. The Morgan fingerprint density at radius 3 is 2.29 bits per heavy atom. The van der Waals surface area contributed by atoms with Crippen LogP contribution in [0, 0.1) is 0 Å². The third kappa shape index (κ3) is 6.46. The van der Waals surface area contributed by atoms with E-state index in [1.807, 2.05) is 72.8 Å². The van der Waals surface area contributed by atoms with Crippen LogP contribution < -0.4 is 16.2 Å². The molecule has 8 heteroatoms. The van der Waals surface area contributed by atoms with Gasteiger partial charge < -0.3 is 15.5 Å². The SMILES string of the molecule is O=C(NC(Cc1ccc(-c2ccccc2)cc1)C[C@@H](O)C(=O)O)C1CC(c2ccccc2Cl)NN1. The number of carbonyl (C=O) groups excluding carboxylic acids is 1. The first kappa shape index (κ1) is 24.9. The van der Waals surface area contributed by atoms with E-state index in [0.717, 1.165) is 22.3 Å². The molecule has 4 atom stereocenters. The second-order valence-corrected chi connectivity index (χ2v) is 9.12. The summed E-state index contributed by atoms with van der Waals surface area (Å²) in [5.74, 6) is -1.58. The molecule has 182 valence electrons. The number of hydrogen-bond acceptors (Lipinski definition) is 5. The molecule has 0 saturated carbocycles. The number of hydrazine groups is 1. The van der Waals surface area contributed by atoms with Gasteiger partial charge in [-0.2, -0.15) is 0 Å². The predicted molar refractivity (Wildman–Crippen MR) is 135 cm³/mol. The van der Waals surface area contributed by atoms with Gasteiger partial charge in [0.25, 0.3) is 0 Å². The van der Waals surface area contributed by atoms with Gasteiger partial charge >= 0.3 is 5.97 Å². The van der Waals surface area contributed by atoms with Crippen LogP contribution >= 0.6 is 11.6 Å². The monoisotopic (exact) mass is 493 g/mol. The second kappa shape index (κ2) is 11.5. The molecule has 3 aromatic rings. The number of carboxylic acid groups (broad SMARTS) is 1. The number of carbonyl (C=O) groups is 2. The smallest absolute Gasteiger partial charge is 0.332 e. The number of nitrogens with one attached hydrogen (secondary N) is 3. The van der Waals surface area contributed by atoms with Gasteiger partial charge in [0.1, 0.15) is 6.04 Å². The van der Waals surface area contributed by atoms with Crippen molar-refractivity contribution < 1.29 is 19.8 Å². The highest BCUT2D eigenvalue weighted by Gasteiger charge is 2.32. The lowest BCUT2D eigenvalue weighted by molar-refractivity contribution is -0.147. The molecule has 1 aliphatic heterocycles. The number of amides is 1. The van der Waals surface area contributed by atoms with Crippen LogP contribution in [-0.2, 0) is 16.0 Å². The lowest BCUT2D eigenvalue weighted by Gasteiger charge is -2.22. The van der Waals surface area contributed by atoms with E-state index in [-0.39, 0.29) is 18.4 Å². The van der Waals surface area contributed by atoms with Crippen LogP contribution in [0.1, 0.15) is 30.0 Å². The Bertz CT molecular complexity index is 1160. The Hall–Kier alpha value is -3.23. The van der Waals surface area contributed by atoms with Crippen molar-refractivity contribution in [1.29, 1.82) is 0 Å². The fourth-order valence-electron chi connectivity index (χ4n) is 4.30. The summed E-state index contributed by atoms with van der Waals surface area (Å²) < 4.78 is 0. The topological polar surface area (TPSA) is 111 Å². The summed E-state index contributed by atoms with van der Waals surface area (Å²) in [6.07, 6.45) is -0.806. The first-order valence-electron chi connectivity index (χ1n) is 11.5. The predicted octanol–water partition coefficient (Wildman–Crippen LogP) is 3.48. The van der Waals surface area contributed by atoms with E-state index < -0.39 is 24.2 Å². The van der Waals surface area contributed by atoms with Gasteiger partial charge in [-0.3, -0.25) is 4.79 Å². The number of rotatable bonds is 9. The highest BCUT2D eigenvalue weighted by atomic mass is 35.5. The molecule has 1 heterocycles. The molecule has 3 unspecified atom stereocenters. The molecule has 1 saturated heterocycles. The second-order valence-electron chi connectivity index (χ2n) is 8.71. The van der Waals surface area contributed by atoms with Crippen molar-refractivity contribution in [2.45, 2.75) is 43.5 Å². The number of aliphatic hydroxyl groups excluding tert-OH is 1. The largest absolute Gasteiger partial charge is 0.479 e. The Morgan fingerprint density at radius 2 is 1.60 bits per heavy atom. The lowest BCUT2D eigenvalue weighted by atomic mass is 9.97. The Kier molecular flexibility index (Phi) is 8.15. The number of benzene rings is 3. The van der Waals surface area contributed by atoms with Crippen molar-refractivity contribution in [2.24, 2.45) is 0 Å². The van der Waals surface area contributed by atoms with Gasteiger partial charge in [0.2, 0.25) is 5.91 Å². The summed E-state index contributed by atoms with van der Waals surface area (Å²) in [5, 5.41) is 22.7. The van der Waals surface area contributed by atoms with Crippen molar-refractivity contribution in [3.63, 3.8) is 0 Å². The van der Waals surface area contributed by atoms with Gasteiger partial charge in [-0.05, 0) is 41.2 Å². The van der Waals surface area contributed by atoms with Gasteiger partial charge in [-0.15, -0.1) is 0 Å². The molecule has 35 heavy (non-hydrogen) atoms. The van der Waals surface area contributed by atoms with Crippen LogP contribution in [0.2, 0.25) is 5.02 Å². The van der Waals surface area contributed by atoms with Crippen molar-refractivity contribution in [3.8, 4) is 11.1 Å². The fourth-order valence-corrected chi connectivity index (χ4v) is 4.57. The average molecular weight is 494 g/mol. The molecule has 0 radical (unpaired) electrons. The molecule has 0 aromatic heterocycles. The van der Waals surface area contributed by atoms with Crippen molar-refractivity contribution >= 4 is 23.5 Å². The third-order valence-electron chi connectivity index (χ3n) is 6.18. The first-order valence-corrected chi connectivity index (χ1v) is 11.9. The normalized spacial score (nSPS) is 19.1. The molecule has 0 aliphatic carbocycles. The van der Waals surface area contributed by atoms with Crippen molar-refractivity contribution in [2.75, 3.05) is 0 Å². The summed E-state index contributed by atoms with van der Waals surface area (Å²) in [4.78, 5) is 24.3. The van der Waals surface area contributed by atoms with Gasteiger partial charge in [0.15, 0.2) is 6.10 Å². The standard InChI is InChI=1S/C27H28ClN3O4/c28-22-9-5-4-8-21(22)23-16-24(31-30-23)26(33)29-20(15-25(32)27(34)35)14-17-10-12-19(13-11-17)18-6-2-1-3-7-18/h1-13,20,23-25,30-32H,14-16H2,(H,29,33)(H,34,35)/t20?,23?,24?,25-/m1/s1. The van der Waals surface area contributed by atoms with Gasteiger partial charge in [-0.1, -0.05) is 84.4 Å². The third-order valence-corrected chi connectivity index (χ3v) is 6.53. The minimum Gasteiger partial charge on any atom is -0.479 e. The van der Waals surface area contributed by atoms with Crippen LogP contribution in [0.4, 0.5) is 0 Å². The number of aliphatic carboxylic acids is 1. The Balaban J connectivity index is 1.42. The van der Waals surface area contributed by atoms with E-state index in [1.165, 1.54) is 0 Å². The van der Waals surface area contributed by atoms with Crippen LogP contribution in [-0.4, -0.2) is 40.3 Å². The molecule has 1 aliphatic rings. The minimum atomic E-state index is -1.57. The van der Waals surface area contributed by atoms with Crippen LogP contribution in [0.5, 0.6) is 0 Å². The maximum Gasteiger partial charge on any atom is 0.332 e. The Morgan fingerprint density at radius 1 is 0.943 bits per heavy atom. The number of hydrogen-bond donors (Lipinski definition) is 5. The van der Waals surface area contributed by atoms with E-state index in [1.54, 1.807) is 6.07 Å². The zero-order valence-electron chi connectivity index (χ0n) is 19.0. The molecule has 3 aromatic carbocycles. The van der Waals surface area contributed by atoms with Crippen molar-refractivity contribution in [1.82, 2.24) is 16.2 Å². The van der Waals surface area contributed by atoms with Crippen LogP contribution in [0.15, 0.2) is 78.9 Å². The van der Waals surface area contributed by atoms with Crippen LogP contribution in [0.25, 0.3) is 11.1 Å². The molecular weight excluding hydrogens is 466 g/mol. The maximum atomic E-state index is 13.0. The summed E-state index contributed by atoms with van der Waals surface area (Å²) in [7, 11) is 0. The summed E-state index contributed by atoms with van der Waals surface area (Å²) in [6, 6.07) is 24.1. The summed E-state index contributed by atoms with van der Waals surface area (Å²) in [5.41, 5.74) is 10.1. The molecule has 7 nitrogen and oxygen atoms in total. The lowest BCUT2D eigenvalue weighted by Crippen LogP contribution is -2.48. The summed E-state index contributed by atoms with van der Waals surface area (Å²) >= 11 is 6.29.